The molecule has 2 aromatic rings. The van der Waals surface area contributed by atoms with E-state index in [0.717, 1.165) is 29.2 Å². The first-order valence-electron chi connectivity index (χ1n) is 7.70. The van der Waals surface area contributed by atoms with Crippen LogP contribution in [0.4, 0.5) is 0 Å². The fourth-order valence-corrected chi connectivity index (χ4v) is 3.28. The van der Waals surface area contributed by atoms with Crippen LogP contribution in [0.1, 0.15) is 35.1 Å². The first kappa shape index (κ1) is 14.9. The molecule has 1 atom stereocenters. The Bertz CT molecular complexity index is 761. The summed E-state index contributed by atoms with van der Waals surface area (Å²) in [7, 11) is 3.77. The van der Waals surface area contributed by atoms with Gasteiger partial charge in [0.25, 0.3) is 0 Å². The molecule has 4 nitrogen and oxygen atoms in total. The number of hydrogen-bond donors (Lipinski definition) is 1. The van der Waals surface area contributed by atoms with Crippen molar-refractivity contribution < 1.29 is 4.74 Å². The summed E-state index contributed by atoms with van der Waals surface area (Å²) in [5, 5.41) is 0. The number of ether oxygens (including phenoxy) is 1. The molecule has 3 heterocycles. The van der Waals surface area contributed by atoms with Crippen LogP contribution in [0.2, 0.25) is 0 Å². The van der Waals surface area contributed by atoms with Crippen LogP contribution in [0, 0.1) is 13.8 Å². The third-order valence-corrected chi connectivity index (χ3v) is 4.48. The van der Waals surface area contributed by atoms with Gasteiger partial charge in [-0.15, -0.1) is 0 Å². The van der Waals surface area contributed by atoms with Gasteiger partial charge < -0.3 is 14.3 Å². The number of methoxy groups -OCH3 is 1. The van der Waals surface area contributed by atoms with E-state index in [1.54, 1.807) is 7.11 Å². The number of rotatable bonds is 4. The molecular formula is C18H23N3O. The van der Waals surface area contributed by atoms with Crippen LogP contribution in [-0.2, 0) is 18.2 Å². The molecular weight excluding hydrogens is 274 g/mol. The number of aliphatic imine (C=N–C) groups is 1. The van der Waals surface area contributed by atoms with Gasteiger partial charge in [0.15, 0.2) is 0 Å². The largest absolute Gasteiger partial charge is 0.371 e. The second kappa shape index (κ2) is 5.61. The average Bonchev–Trinajstić information content (AvgIpc) is 3.16. The van der Waals surface area contributed by atoms with Crippen LogP contribution in [-0.4, -0.2) is 28.5 Å². The molecule has 0 amide bonds. The molecule has 0 fully saturated rings. The van der Waals surface area contributed by atoms with Crippen molar-refractivity contribution in [3.63, 3.8) is 0 Å². The Kier molecular flexibility index (Phi) is 3.79. The van der Waals surface area contributed by atoms with Gasteiger partial charge in [0, 0.05) is 26.0 Å². The molecule has 22 heavy (non-hydrogen) atoms. The van der Waals surface area contributed by atoms with Gasteiger partial charge in [-0.2, -0.15) is 0 Å². The Morgan fingerprint density at radius 3 is 2.68 bits per heavy atom. The summed E-state index contributed by atoms with van der Waals surface area (Å²) in [4.78, 5) is 8.36. The third-order valence-electron chi connectivity index (χ3n) is 4.48. The predicted octanol–water partition coefficient (Wildman–Crippen LogP) is 3.39. The van der Waals surface area contributed by atoms with Crippen molar-refractivity contribution in [2.45, 2.75) is 33.3 Å². The molecule has 0 aromatic carbocycles. The summed E-state index contributed by atoms with van der Waals surface area (Å²) in [6.07, 6.45) is 5.04. The molecule has 0 saturated carbocycles. The van der Waals surface area contributed by atoms with E-state index in [2.05, 4.69) is 42.5 Å². The van der Waals surface area contributed by atoms with Gasteiger partial charge in [0.1, 0.15) is 6.10 Å². The van der Waals surface area contributed by atoms with Gasteiger partial charge >= 0.3 is 0 Å². The second-order valence-electron chi connectivity index (χ2n) is 5.79. The minimum atomic E-state index is -0.105. The second-order valence-corrected chi connectivity index (χ2v) is 5.79. The number of aryl methyl sites for hydroxylation is 2. The van der Waals surface area contributed by atoms with E-state index in [0.29, 0.717) is 0 Å². The normalized spacial score (nSPS) is 17.8. The molecule has 4 heteroatoms. The van der Waals surface area contributed by atoms with Crippen LogP contribution in [0.25, 0.3) is 5.70 Å². The van der Waals surface area contributed by atoms with Gasteiger partial charge in [-0.1, -0.05) is 6.92 Å². The first-order valence-corrected chi connectivity index (χ1v) is 7.70. The molecule has 1 aliphatic rings. The highest BCUT2D eigenvalue weighted by molar-refractivity contribution is 6.10. The molecule has 2 aromatic heterocycles. The monoisotopic (exact) mass is 297 g/mol. The number of aromatic amines is 1. The summed E-state index contributed by atoms with van der Waals surface area (Å²) in [6.45, 7) is 6.47. The molecule has 1 N–H and O–H groups in total. The molecule has 3 rings (SSSR count). The predicted molar refractivity (Wildman–Crippen MR) is 90.4 cm³/mol. The van der Waals surface area contributed by atoms with E-state index in [9.17, 15) is 0 Å². The highest BCUT2D eigenvalue weighted by atomic mass is 16.5. The quantitative estimate of drug-likeness (QED) is 0.923. The molecule has 116 valence electrons. The Balaban J connectivity index is 2.06. The zero-order chi connectivity index (χ0) is 15.9. The van der Waals surface area contributed by atoms with E-state index in [1.807, 2.05) is 19.3 Å². The molecule has 0 bridgehead atoms. The summed E-state index contributed by atoms with van der Waals surface area (Å²) >= 11 is 0. The summed E-state index contributed by atoms with van der Waals surface area (Å²) in [5.74, 6) is 0. The number of nitrogens with one attached hydrogen (secondary N) is 1. The summed E-state index contributed by atoms with van der Waals surface area (Å²) in [5.41, 5.74) is 8.02. The molecule has 1 unspecified atom stereocenters. The average molecular weight is 297 g/mol. The minimum Gasteiger partial charge on any atom is -0.371 e. The van der Waals surface area contributed by atoms with E-state index in [4.69, 9.17) is 9.73 Å². The van der Waals surface area contributed by atoms with Crippen LogP contribution in [0.5, 0.6) is 0 Å². The van der Waals surface area contributed by atoms with Crippen molar-refractivity contribution in [1.82, 2.24) is 9.55 Å². The lowest BCUT2D eigenvalue weighted by Gasteiger charge is -2.09. The van der Waals surface area contributed by atoms with Crippen molar-refractivity contribution in [3.8, 4) is 0 Å². The van der Waals surface area contributed by atoms with E-state index < -0.39 is 0 Å². The van der Waals surface area contributed by atoms with Crippen molar-refractivity contribution in [3.05, 3.63) is 52.6 Å². The fourth-order valence-electron chi connectivity index (χ4n) is 3.28. The maximum absolute atomic E-state index is 5.65. The van der Waals surface area contributed by atoms with Gasteiger partial charge in [0.2, 0.25) is 0 Å². The highest BCUT2D eigenvalue weighted by Crippen LogP contribution is 2.29. The molecule has 0 aliphatic carbocycles. The Morgan fingerprint density at radius 1 is 1.36 bits per heavy atom. The van der Waals surface area contributed by atoms with Crippen LogP contribution < -0.4 is 0 Å². The Labute approximate surface area is 131 Å². The lowest BCUT2D eigenvalue weighted by molar-refractivity contribution is 0.193. The molecule has 0 saturated heterocycles. The standard InChI is InChI=1S/C18H23N3O/c1-6-13-11(2)17(19-12(13)3)18-16(22-5)10-14(20-18)15-8-7-9-21(15)4/h7-10,16,19H,6H2,1-5H3. The lowest BCUT2D eigenvalue weighted by atomic mass is 10.0. The van der Waals surface area contributed by atoms with Crippen molar-refractivity contribution in [2.75, 3.05) is 7.11 Å². The summed E-state index contributed by atoms with van der Waals surface area (Å²) < 4.78 is 7.73. The Morgan fingerprint density at radius 2 is 2.14 bits per heavy atom. The minimum absolute atomic E-state index is 0.105. The smallest absolute Gasteiger partial charge is 0.122 e. The topological polar surface area (TPSA) is 42.3 Å². The maximum Gasteiger partial charge on any atom is 0.122 e. The number of H-pyrrole nitrogens is 1. The number of aromatic nitrogens is 2. The van der Waals surface area contributed by atoms with Crippen molar-refractivity contribution in [1.29, 1.82) is 0 Å². The Hall–Kier alpha value is -2.07. The highest BCUT2D eigenvalue weighted by Gasteiger charge is 2.27. The maximum atomic E-state index is 5.65. The van der Waals surface area contributed by atoms with Gasteiger partial charge in [-0.25, -0.2) is 4.99 Å². The van der Waals surface area contributed by atoms with Gasteiger partial charge in [-0.05, 0) is 49.6 Å². The van der Waals surface area contributed by atoms with E-state index >= 15 is 0 Å². The number of nitrogens with zero attached hydrogens (tertiary/aromatic N) is 2. The van der Waals surface area contributed by atoms with Crippen LogP contribution in [0.15, 0.2) is 29.4 Å². The van der Waals surface area contributed by atoms with E-state index in [-0.39, 0.29) is 6.10 Å². The molecule has 0 spiro atoms. The van der Waals surface area contributed by atoms with Gasteiger partial charge in [0.05, 0.1) is 22.8 Å². The van der Waals surface area contributed by atoms with Crippen LogP contribution >= 0.6 is 0 Å². The fraction of sp³-hybridized carbons (Fsp3) is 0.389. The zero-order valence-electron chi connectivity index (χ0n) is 13.9. The van der Waals surface area contributed by atoms with Gasteiger partial charge in [-0.3, -0.25) is 0 Å². The van der Waals surface area contributed by atoms with Crippen molar-refractivity contribution >= 4 is 11.4 Å². The van der Waals surface area contributed by atoms with Crippen LogP contribution in [0.3, 0.4) is 0 Å². The molecule has 1 aliphatic heterocycles. The lowest BCUT2D eigenvalue weighted by Crippen LogP contribution is -2.20. The first-order chi connectivity index (χ1) is 10.6. The SMILES string of the molecule is CCc1c(C)[nH]c(C2=NC(c3cccn3C)=CC2OC)c1C. The number of hydrogen-bond acceptors (Lipinski definition) is 2. The summed E-state index contributed by atoms with van der Waals surface area (Å²) in [6, 6.07) is 4.11. The van der Waals surface area contributed by atoms with E-state index in [1.165, 1.54) is 16.8 Å². The zero-order valence-corrected chi connectivity index (χ0v) is 13.9. The third kappa shape index (κ3) is 2.24. The van der Waals surface area contributed by atoms with Crippen molar-refractivity contribution in [2.24, 2.45) is 12.0 Å². The molecule has 0 radical (unpaired) electrons.